The largest absolute Gasteiger partial charge is 0.461 e. The zero-order chi connectivity index (χ0) is 13.8. The Morgan fingerprint density at radius 2 is 2.05 bits per heavy atom. The van der Waals surface area contributed by atoms with Crippen molar-refractivity contribution < 1.29 is 18.6 Å². The van der Waals surface area contributed by atoms with E-state index in [9.17, 15) is 9.36 Å². The third-order valence-corrected chi connectivity index (χ3v) is 3.86. The molecule has 1 unspecified atom stereocenters. The highest BCUT2D eigenvalue weighted by atomic mass is 35.5. The fourth-order valence-corrected chi connectivity index (χ4v) is 2.33. The second-order valence-electron chi connectivity index (χ2n) is 4.35. The van der Waals surface area contributed by atoms with Crippen LogP contribution in [0.15, 0.2) is 24.3 Å². The molecule has 7 heteroatoms. The van der Waals surface area contributed by atoms with Crippen LogP contribution in [0.4, 0.5) is 0 Å². The molecule has 0 spiro atoms. The minimum atomic E-state index is -2.56. The van der Waals surface area contributed by atoms with Crippen LogP contribution in [0.3, 0.4) is 0 Å². The Kier molecular flexibility index (Phi) is 4.86. The summed E-state index contributed by atoms with van der Waals surface area (Å²) >= 11 is 5.73. The lowest BCUT2D eigenvalue weighted by Gasteiger charge is -2.13. The Balaban J connectivity index is 1.79. The maximum atomic E-state index is 11.7. The van der Waals surface area contributed by atoms with Crippen LogP contribution in [-0.4, -0.2) is 18.1 Å². The van der Waals surface area contributed by atoms with E-state index in [2.05, 4.69) is 5.09 Å². The predicted octanol–water partition coefficient (Wildman–Crippen LogP) is 2.79. The molecule has 1 saturated carbocycles. The molecule has 1 aromatic carbocycles. The van der Waals surface area contributed by atoms with Gasteiger partial charge in [0.05, 0.1) is 0 Å². The summed E-state index contributed by atoms with van der Waals surface area (Å²) in [7, 11) is -2.56. The first-order chi connectivity index (χ1) is 9.04. The van der Waals surface area contributed by atoms with Gasteiger partial charge in [0, 0.05) is 5.02 Å². The Morgan fingerprint density at radius 1 is 1.42 bits per heavy atom. The van der Waals surface area contributed by atoms with Gasteiger partial charge in [0.1, 0.15) is 17.9 Å². The average Bonchev–Trinajstić information content (AvgIpc) is 3.16. The number of carbonyl (C=O) groups excluding carboxylic acids is 1. The number of ether oxygens (including phenoxy) is 1. The normalized spacial score (nSPS) is 17.6. The topological polar surface area (TPSA) is 64.6 Å². The number of benzene rings is 1. The molecule has 1 aromatic rings. The summed E-state index contributed by atoms with van der Waals surface area (Å²) in [6.07, 6.45) is 1.86. The predicted molar refractivity (Wildman–Crippen MR) is 72.8 cm³/mol. The van der Waals surface area contributed by atoms with E-state index in [-0.39, 0.29) is 6.10 Å². The summed E-state index contributed by atoms with van der Waals surface area (Å²) in [5.74, 6) is 0.0316. The van der Waals surface area contributed by atoms with Crippen molar-refractivity contribution in [1.82, 2.24) is 5.09 Å². The van der Waals surface area contributed by atoms with Gasteiger partial charge in [-0.05, 0) is 44.0 Å². The van der Waals surface area contributed by atoms with E-state index in [0.717, 1.165) is 12.8 Å². The zero-order valence-electron chi connectivity index (χ0n) is 10.4. The van der Waals surface area contributed by atoms with Gasteiger partial charge in [-0.3, -0.25) is 9.36 Å². The highest BCUT2D eigenvalue weighted by Crippen LogP contribution is 2.27. The molecule has 5 nitrogen and oxygen atoms in total. The van der Waals surface area contributed by atoms with E-state index in [1.165, 1.54) is 0 Å². The van der Waals surface area contributed by atoms with Crippen LogP contribution in [0.2, 0.25) is 5.02 Å². The van der Waals surface area contributed by atoms with Gasteiger partial charge in [-0.1, -0.05) is 11.6 Å². The summed E-state index contributed by atoms with van der Waals surface area (Å²) < 4.78 is 22.0. The monoisotopic (exact) mass is 303 g/mol. The molecule has 0 amide bonds. The van der Waals surface area contributed by atoms with Crippen LogP contribution >= 0.6 is 19.8 Å². The number of esters is 1. The molecule has 0 aliphatic heterocycles. The Hall–Kier alpha value is -1.03. The molecule has 0 heterocycles. The molecule has 0 saturated heterocycles. The summed E-state index contributed by atoms with van der Waals surface area (Å²) in [6, 6.07) is 5.84. The zero-order valence-corrected chi connectivity index (χ0v) is 12.1. The van der Waals surface area contributed by atoms with Crippen molar-refractivity contribution >= 4 is 25.7 Å². The summed E-state index contributed by atoms with van der Waals surface area (Å²) in [4.78, 5) is 11.5. The van der Waals surface area contributed by atoms with Crippen molar-refractivity contribution in [1.29, 1.82) is 0 Å². The number of hydrogen-bond acceptors (Lipinski definition) is 4. The third-order valence-electron chi connectivity index (χ3n) is 2.52. The average molecular weight is 304 g/mol. The van der Waals surface area contributed by atoms with Crippen LogP contribution in [0.1, 0.15) is 19.8 Å². The van der Waals surface area contributed by atoms with Crippen molar-refractivity contribution in [2.45, 2.75) is 31.9 Å². The molecular formula is C12H15ClNO4P. The van der Waals surface area contributed by atoms with Crippen molar-refractivity contribution in [3.63, 3.8) is 0 Å². The molecule has 1 aliphatic rings. The first kappa shape index (κ1) is 14.4. The molecule has 2 rings (SSSR count). The van der Waals surface area contributed by atoms with Crippen LogP contribution in [0.5, 0.6) is 5.75 Å². The van der Waals surface area contributed by atoms with Crippen LogP contribution in [-0.2, 0) is 14.1 Å². The Bertz CT molecular complexity index is 475. The fourth-order valence-electron chi connectivity index (χ4n) is 1.33. The number of halogens is 1. The SMILES string of the molecule is C[C@H](N[PH](=O)Oc1ccc(Cl)cc1)C(=O)OC1CC1. The van der Waals surface area contributed by atoms with Crippen molar-refractivity contribution in [3.05, 3.63) is 29.3 Å². The first-order valence-electron chi connectivity index (χ1n) is 5.99. The van der Waals surface area contributed by atoms with Crippen molar-refractivity contribution in [2.75, 3.05) is 0 Å². The van der Waals surface area contributed by atoms with E-state index >= 15 is 0 Å². The van der Waals surface area contributed by atoms with Gasteiger partial charge >= 0.3 is 14.1 Å². The molecule has 1 N–H and O–H groups in total. The Morgan fingerprint density at radius 3 is 2.63 bits per heavy atom. The first-order valence-corrected chi connectivity index (χ1v) is 7.68. The van der Waals surface area contributed by atoms with E-state index in [4.69, 9.17) is 20.9 Å². The third kappa shape index (κ3) is 4.86. The maximum Gasteiger partial charge on any atom is 0.323 e. The van der Waals surface area contributed by atoms with E-state index in [1.807, 2.05) is 0 Å². The number of carbonyl (C=O) groups is 1. The molecule has 1 aliphatic carbocycles. The number of nitrogens with one attached hydrogen (secondary N) is 1. The Labute approximate surface area is 117 Å². The quantitative estimate of drug-likeness (QED) is 0.646. The van der Waals surface area contributed by atoms with Gasteiger partial charge in [0.15, 0.2) is 0 Å². The van der Waals surface area contributed by atoms with Gasteiger partial charge in [-0.25, -0.2) is 5.09 Å². The highest BCUT2D eigenvalue weighted by Gasteiger charge is 2.28. The molecule has 104 valence electrons. The van der Waals surface area contributed by atoms with Gasteiger partial charge in [-0.15, -0.1) is 0 Å². The maximum absolute atomic E-state index is 11.7. The standard InChI is InChI=1S/C12H15ClNO4P/c1-8(12(15)17-10-6-7-10)14-19(16)18-11-4-2-9(13)3-5-11/h2-5,8,10,19H,6-7H2,1H3,(H,14,16)/t8-/m0/s1. The van der Waals surface area contributed by atoms with Gasteiger partial charge in [0.25, 0.3) is 0 Å². The summed E-state index contributed by atoms with van der Waals surface area (Å²) in [6.45, 7) is 1.60. The van der Waals surface area contributed by atoms with Gasteiger partial charge in [0.2, 0.25) is 0 Å². The van der Waals surface area contributed by atoms with Gasteiger partial charge in [-0.2, -0.15) is 0 Å². The van der Waals surface area contributed by atoms with E-state index in [1.54, 1.807) is 31.2 Å². The fraction of sp³-hybridized carbons (Fsp3) is 0.417. The minimum Gasteiger partial charge on any atom is -0.461 e. The lowest BCUT2D eigenvalue weighted by Crippen LogP contribution is -2.32. The molecule has 19 heavy (non-hydrogen) atoms. The lowest BCUT2D eigenvalue weighted by atomic mass is 10.3. The molecular weight excluding hydrogens is 289 g/mol. The second kappa shape index (κ2) is 6.42. The van der Waals surface area contributed by atoms with Gasteiger partial charge < -0.3 is 9.26 Å². The lowest BCUT2D eigenvalue weighted by molar-refractivity contribution is -0.146. The molecule has 1 fully saturated rings. The molecule has 0 aromatic heterocycles. The van der Waals surface area contributed by atoms with Crippen molar-refractivity contribution in [3.8, 4) is 5.75 Å². The minimum absolute atomic E-state index is 0.0382. The van der Waals surface area contributed by atoms with Crippen molar-refractivity contribution in [2.24, 2.45) is 0 Å². The molecule has 2 atom stereocenters. The molecule has 0 bridgehead atoms. The smallest absolute Gasteiger partial charge is 0.323 e. The number of rotatable bonds is 6. The van der Waals surface area contributed by atoms with E-state index < -0.39 is 20.2 Å². The second-order valence-corrected chi connectivity index (χ2v) is 5.85. The molecule has 0 radical (unpaired) electrons. The van der Waals surface area contributed by atoms with Crippen LogP contribution in [0.25, 0.3) is 0 Å². The summed E-state index contributed by atoms with van der Waals surface area (Å²) in [5, 5.41) is 3.16. The van der Waals surface area contributed by atoms with Crippen LogP contribution < -0.4 is 9.61 Å². The van der Waals surface area contributed by atoms with E-state index in [0.29, 0.717) is 10.8 Å². The highest BCUT2D eigenvalue weighted by molar-refractivity contribution is 7.37. The number of hydrogen-bond donors (Lipinski definition) is 1. The van der Waals surface area contributed by atoms with Crippen LogP contribution in [0, 0.1) is 0 Å². The summed E-state index contributed by atoms with van der Waals surface area (Å²) in [5.41, 5.74) is 0.